The quantitative estimate of drug-likeness (QED) is 0.622. The highest BCUT2D eigenvalue weighted by atomic mass is 19.1. The van der Waals surface area contributed by atoms with Gasteiger partial charge in [0, 0.05) is 18.2 Å². The first-order valence-corrected chi connectivity index (χ1v) is 8.72. The zero-order chi connectivity index (χ0) is 19.6. The Balaban J connectivity index is 1.59. The van der Waals surface area contributed by atoms with Crippen LogP contribution in [0.2, 0.25) is 0 Å². The molecule has 1 amide bonds. The van der Waals surface area contributed by atoms with E-state index in [1.54, 1.807) is 12.1 Å². The van der Waals surface area contributed by atoms with Gasteiger partial charge in [0.1, 0.15) is 23.4 Å². The molecule has 0 aliphatic carbocycles. The summed E-state index contributed by atoms with van der Waals surface area (Å²) in [6.07, 6.45) is -1.50. The normalized spacial score (nSPS) is 17.6. The van der Waals surface area contributed by atoms with Crippen LogP contribution in [0.15, 0.2) is 42.5 Å². The highest BCUT2D eigenvalue weighted by molar-refractivity contribution is 5.98. The number of carbonyl (C=O) groups is 1. The van der Waals surface area contributed by atoms with Crippen molar-refractivity contribution in [3.8, 4) is 11.5 Å². The molecule has 4 N–H and O–H groups in total. The van der Waals surface area contributed by atoms with Crippen molar-refractivity contribution < 1.29 is 24.1 Å². The number of aliphatic hydroxyl groups is 1. The molecule has 0 radical (unpaired) electrons. The van der Waals surface area contributed by atoms with Crippen LogP contribution in [-0.4, -0.2) is 40.4 Å². The molecule has 0 spiro atoms. The first-order valence-electron chi connectivity index (χ1n) is 8.72. The summed E-state index contributed by atoms with van der Waals surface area (Å²) in [6, 6.07) is 10.6. The summed E-state index contributed by atoms with van der Waals surface area (Å²) >= 11 is 0. The first-order chi connectivity index (χ1) is 12.7. The summed E-state index contributed by atoms with van der Waals surface area (Å²) in [7, 11) is 0. The molecular formula is C20H23FN2O4. The SMILES string of the molecule is CC(C)(Cc1ccc(F)cc1)NCC(O)C1Oc2ccc(O)cc2NC1=O. The molecule has 27 heavy (non-hydrogen) atoms. The van der Waals surface area contributed by atoms with Gasteiger partial charge in [-0.2, -0.15) is 0 Å². The van der Waals surface area contributed by atoms with Gasteiger partial charge in [-0.1, -0.05) is 12.1 Å². The second-order valence-electron chi connectivity index (χ2n) is 7.34. The van der Waals surface area contributed by atoms with Crippen molar-refractivity contribution in [1.29, 1.82) is 0 Å². The number of ether oxygens (including phenoxy) is 1. The van der Waals surface area contributed by atoms with Crippen LogP contribution in [0.5, 0.6) is 11.5 Å². The number of phenols is 1. The Kier molecular flexibility index (Phi) is 5.34. The summed E-state index contributed by atoms with van der Waals surface area (Å²) in [5.41, 5.74) is 0.949. The Morgan fingerprint density at radius 3 is 2.67 bits per heavy atom. The molecule has 144 valence electrons. The van der Waals surface area contributed by atoms with Crippen molar-refractivity contribution in [1.82, 2.24) is 5.32 Å². The van der Waals surface area contributed by atoms with Crippen LogP contribution >= 0.6 is 0 Å². The van der Waals surface area contributed by atoms with Crippen LogP contribution in [0.25, 0.3) is 0 Å². The number of rotatable bonds is 6. The van der Waals surface area contributed by atoms with E-state index in [1.165, 1.54) is 30.3 Å². The molecular weight excluding hydrogens is 351 g/mol. The maximum Gasteiger partial charge on any atom is 0.268 e. The van der Waals surface area contributed by atoms with E-state index in [0.717, 1.165) is 5.56 Å². The van der Waals surface area contributed by atoms with Crippen LogP contribution < -0.4 is 15.4 Å². The van der Waals surface area contributed by atoms with Crippen molar-refractivity contribution in [2.45, 2.75) is 38.0 Å². The van der Waals surface area contributed by atoms with E-state index >= 15 is 0 Å². The van der Waals surface area contributed by atoms with Crippen molar-refractivity contribution in [2.75, 3.05) is 11.9 Å². The van der Waals surface area contributed by atoms with Gasteiger partial charge in [-0.3, -0.25) is 4.79 Å². The van der Waals surface area contributed by atoms with E-state index in [9.17, 15) is 19.4 Å². The van der Waals surface area contributed by atoms with Crippen molar-refractivity contribution in [3.05, 3.63) is 53.8 Å². The maximum atomic E-state index is 13.0. The number of halogens is 1. The Bertz CT molecular complexity index is 823. The van der Waals surface area contributed by atoms with Crippen LogP contribution in [-0.2, 0) is 11.2 Å². The van der Waals surface area contributed by atoms with E-state index in [2.05, 4.69) is 10.6 Å². The zero-order valence-electron chi connectivity index (χ0n) is 15.2. The molecule has 0 fully saturated rings. The number of fused-ring (bicyclic) bond motifs is 1. The number of phenolic OH excluding ortho intramolecular Hbond substituents is 1. The van der Waals surface area contributed by atoms with Gasteiger partial charge < -0.3 is 25.6 Å². The Morgan fingerprint density at radius 1 is 1.26 bits per heavy atom. The van der Waals surface area contributed by atoms with Crippen LogP contribution in [0, 0.1) is 5.82 Å². The molecule has 7 heteroatoms. The number of hydrogen-bond acceptors (Lipinski definition) is 5. The molecule has 0 saturated heterocycles. The van der Waals surface area contributed by atoms with Crippen molar-refractivity contribution in [3.63, 3.8) is 0 Å². The lowest BCUT2D eigenvalue weighted by Gasteiger charge is -2.32. The molecule has 6 nitrogen and oxygen atoms in total. The first kappa shape index (κ1) is 19.1. The fourth-order valence-electron chi connectivity index (χ4n) is 3.03. The lowest BCUT2D eigenvalue weighted by molar-refractivity contribution is -0.128. The van der Waals surface area contributed by atoms with Crippen molar-refractivity contribution >= 4 is 11.6 Å². The third-order valence-corrected chi connectivity index (χ3v) is 4.43. The molecule has 2 aromatic carbocycles. The third-order valence-electron chi connectivity index (χ3n) is 4.43. The molecule has 2 aromatic rings. The molecule has 1 heterocycles. The predicted octanol–water partition coefficient (Wildman–Crippen LogP) is 2.20. The van der Waals surface area contributed by atoms with E-state index in [-0.39, 0.29) is 23.7 Å². The van der Waals surface area contributed by atoms with Gasteiger partial charge in [0.15, 0.2) is 0 Å². The number of aromatic hydroxyl groups is 1. The molecule has 0 bridgehead atoms. The molecule has 1 aliphatic heterocycles. The summed E-state index contributed by atoms with van der Waals surface area (Å²) in [5.74, 6) is -0.351. The minimum absolute atomic E-state index is 0.0147. The smallest absolute Gasteiger partial charge is 0.268 e. The van der Waals surface area contributed by atoms with Gasteiger partial charge in [0.2, 0.25) is 6.10 Å². The number of amides is 1. The van der Waals surface area contributed by atoms with Gasteiger partial charge >= 0.3 is 0 Å². The number of nitrogens with one attached hydrogen (secondary N) is 2. The van der Waals surface area contributed by atoms with E-state index in [1.807, 2.05) is 13.8 Å². The second-order valence-corrected chi connectivity index (χ2v) is 7.34. The fraction of sp³-hybridized carbons (Fsp3) is 0.350. The summed E-state index contributed by atoms with van der Waals surface area (Å²) < 4.78 is 18.6. The monoisotopic (exact) mass is 374 g/mol. The zero-order valence-corrected chi connectivity index (χ0v) is 15.2. The summed E-state index contributed by atoms with van der Waals surface area (Å²) in [5, 5.41) is 25.8. The Hall–Kier alpha value is -2.64. The number of anilines is 1. The molecule has 1 aliphatic rings. The van der Waals surface area contributed by atoms with Crippen LogP contribution in [0.3, 0.4) is 0 Å². The summed E-state index contributed by atoms with van der Waals surface area (Å²) in [4.78, 5) is 12.2. The van der Waals surface area contributed by atoms with E-state index in [4.69, 9.17) is 4.74 Å². The van der Waals surface area contributed by atoms with E-state index < -0.39 is 18.1 Å². The fourth-order valence-corrected chi connectivity index (χ4v) is 3.03. The Morgan fingerprint density at radius 2 is 1.96 bits per heavy atom. The van der Waals surface area contributed by atoms with Gasteiger partial charge in [-0.15, -0.1) is 0 Å². The standard InChI is InChI=1S/C20H23FN2O4/c1-20(2,10-12-3-5-13(21)6-4-12)22-11-16(25)18-19(26)23-15-9-14(24)7-8-17(15)27-18/h3-9,16,18,22,24-25H,10-11H2,1-2H3,(H,23,26). The predicted molar refractivity (Wildman–Crippen MR) is 99.3 cm³/mol. The van der Waals surface area contributed by atoms with Gasteiger partial charge in [-0.25, -0.2) is 4.39 Å². The van der Waals surface area contributed by atoms with Gasteiger partial charge in [0.05, 0.1) is 5.69 Å². The maximum absolute atomic E-state index is 13.0. The third kappa shape index (κ3) is 4.75. The average Bonchev–Trinajstić information content (AvgIpc) is 2.61. The largest absolute Gasteiger partial charge is 0.508 e. The topological polar surface area (TPSA) is 90.8 Å². The lowest BCUT2D eigenvalue weighted by atomic mass is 9.94. The lowest BCUT2D eigenvalue weighted by Crippen LogP contribution is -2.53. The molecule has 2 unspecified atom stereocenters. The average molecular weight is 374 g/mol. The molecule has 2 atom stereocenters. The minimum atomic E-state index is -1.07. The highest BCUT2D eigenvalue weighted by Crippen LogP contribution is 2.33. The Labute approximate surface area is 157 Å². The minimum Gasteiger partial charge on any atom is -0.508 e. The number of aliphatic hydroxyl groups excluding tert-OH is 1. The van der Waals surface area contributed by atoms with E-state index in [0.29, 0.717) is 17.9 Å². The van der Waals surface area contributed by atoms with Crippen LogP contribution in [0.1, 0.15) is 19.4 Å². The van der Waals surface area contributed by atoms with Crippen molar-refractivity contribution in [2.24, 2.45) is 0 Å². The molecule has 0 saturated carbocycles. The van der Waals surface area contributed by atoms with Gasteiger partial charge in [-0.05, 0) is 50.1 Å². The number of carbonyl (C=O) groups excluding carboxylic acids is 1. The number of β-amino-alcohol motifs (C(OH)–C–C–N with tert-alkyl or cyclic N) is 1. The number of hydrogen-bond donors (Lipinski definition) is 4. The van der Waals surface area contributed by atoms with Crippen LogP contribution in [0.4, 0.5) is 10.1 Å². The second kappa shape index (κ2) is 7.54. The van der Waals surface area contributed by atoms with Gasteiger partial charge in [0.25, 0.3) is 5.91 Å². The molecule has 3 rings (SSSR count). The summed E-state index contributed by atoms with van der Waals surface area (Å²) in [6.45, 7) is 4.06. The number of benzene rings is 2. The highest BCUT2D eigenvalue weighted by Gasteiger charge is 2.34. The molecule has 0 aromatic heterocycles.